The molecule has 0 bridgehead atoms. The molecule has 21 heavy (non-hydrogen) atoms. The van der Waals surface area contributed by atoms with Crippen LogP contribution in [0.4, 0.5) is 5.69 Å². The fourth-order valence-electron chi connectivity index (χ4n) is 1.72. The number of carboxylic acid groups (broad SMARTS) is 1. The molecule has 0 aliphatic heterocycles. The van der Waals surface area contributed by atoms with E-state index in [1.54, 1.807) is 6.92 Å². The van der Waals surface area contributed by atoms with E-state index < -0.39 is 27.0 Å². The Bertz CT molecular complexity index is 683. The zero-order chi connectivity index (χ0) is 16.4. The van der Waals surface area contributed by atoms with E-state index in [0.717, 1.165) is 6.07 Å². The molecule has 8 nitrogen and oxygen atoms in total. The van der Waals surface area contributed by atoms with Gasteiger partial charge in [0.1, 0.15) is 6.04 Å². The monoisotopic (exact) mass is 316 g/mol. The molecule has 2 N–H and O–H groups in total. The summed E-state index contributed by atoms with van der Waals surface area (Å²) in [6, 6.07) is 0.925. The fraction of sp³-hybridized carbons (Fsp3) is 0.417. The summed E-state index contributed by atoms with van der Waals surface area (Å²) in [4.78, 5) is 20.8. The van der Waals surface area contributed by atoms with E-state index in [-0.39, 0.29) is 17.0 Å². The van der Waals surface area contributed by atoms with Crippen molar-refractivity contribution in [2.75, 3.05) is 0 Å². The standard InChI is InChI=1S/C12H16N2O6S/c1-4-10(12(15)16)13-21(19,20)9-5-7(2)8(3)11(6-9)14(17)18/h5-6,10,13H,4H2,1-3H3,(H,15,16)/t10-/m1/s1. The summed E-state index contributed by atoms with van der Waals surface area (Å²) in [6.07, 6.45) is 0.0570. The van der Waals surface area contributed by atoms with E-state index >= 15 is 0 Å². The van der Waals surface area contributed by atoms with Gasteiger partial charge >= 0.3 is 5.97 Å². The topological polar surface area (TPSA) is 127 Å². The third kappa shape index (κ3) is 3.76. The van der Waals surface area contributed by atoms with Gasteiger partial charge in [-0.3, -0.25) is 14.9 Å². The molecule has 1 atom stereocenters. The number of aryl methyl sites for hydroxylation is 1. The van der Waals surface area contributed by atoms with Crippen LogP contribution in [0.3, 0.4) is 0 Å². The lowest BCUT2D eigenvalue weighted by molar-refractivity contribution is -0.385. The Hall–Kier alpha value is -2.00. The Labute approximate surface area is 122 Å². The zero-order valence-electron chi connectivity index (χ0n) is 11.8. The molecule has 0 heterocycles. The minimum Gasteiger partial charge on any atom is -0.480 e. The van der Waals surface area contributed by atoms with Crippen molar-refractivity contribution >= 4 is 21.7 Å². The molecule has 1 rings (SSSR count). The lowest BCUT2D eigenvalue weighted by Gasteiger charge is -2.13. The number of nitro groups is 1. The summed E-state index contributed by atoms with van der Waals surface area (Å²) in [6.45, 7) is 4.59. The molecule has 116 valence electrons. The van der Waals surface area contributed by atoms with Crippen LogP contribution in [0.15, 0.2) is 17.0 Å². The highest BCUT2D eigenvalue weighted by atomic mass is 32.2. The van der Waals surface area contributed by atoms with Crippen molar-refractivity contribution in [1.29, 1.82) is 0 Å². The maximum atomic E-state index is 12.1. The summed E-state index contributed by atoms with van der Waals surface area (Å²) in [5.74, 6) is -1.31. The number of carbonyl (C=O) groups is 1. The zero-order valence-corrected chi connectivity index (χ0v) is 12.6. The van der Waals surface area contributed by atoms with E-state index in [9.17, 15) is 23.3 Å². The van der Waals surface area contributed by atoms with Gasteiger partial charge in [0.15, 0.2) is 0 Å². The largest absolute Gasteiger partial charge is 0.480 e. The van der Waals surface area contributed by atoms with Crippen molar-refractivity contribution in [2.24, 2.45) is 0 Å². The van der Waals surface area contributed by atoms with Crippen LogP contribution in [0.5, 0.6) is 0 Å². The number of nitrogens with zero attached hydrogens (tertiary/aromatic N) is 1. The highest BCUT2D eigenvalue weighted by Crippen LogP contribution is 2.25. The second-order valence-electron chi connectivity index (χ2n) is 4.56. The van der Waals surface area contributed by atoms with Crippen molar-refractivity contribution in [2.45, 2.75) is 38.1 Å². The summed E-state index contributed by atoms with van der Waals surface area (Å²) < 4.78 is 26.3. The maximum absolute atomic E-state index is 12.1. The lowest BCUT2D eigenvalue weighted by atomic mass is 10.1. The molecule has 0 aromatic heterocycles. The second kappa shape index (κ2) is 6.19. The van der Waals surface area contributed by atoms with Crippen LogP contribution in [-0.4, -0.2) is 30.5 Å². The Morgan fingerprint density at radius 2 is 2.00 bits per heavy atom. The summed E-state index contributed by atoms with van der Waals surface area (Å²) in [7, 11) is -4.15. The molecular weight excluding hydrogens is 300 g/mol. The smallest absolute Gasteiger partial charge is 0.321 e. The number of nitrogens with one attached hydrogen (secondary N) is 1. The van der Waals surface area contributed by atoms with Gasteiger partial charge in [0, 0.05) is 11.6 Å². The normalized spacial score (nSPS) is 12.9. The van der Waals surface area contributed by atoms with E-state index in [2.05, 4.69) is 0 Å². The minimum absolute atomic E-state index is 0.0570. The van der Waals surface area contributed by atoms with Crippen LogP contribution in [-0.2, 0) is 14.8 Å². The molecule has 1 aromatic rings. The van der Waals surface area contributed by atoms with Crippen molar-refractivity contribution in [3.63, 3.8) is 0 Å². The molecule has 9 heteroatoms. The first-order chi connectivity index (χ1) is 9.60. The fourth-order valence-corrected chi connectivity index (χ4v) is 3.09. The first kappa shape index (κ1) is 17.1. The number of hydrogen-bond donors (Lipinski definition) is 2. The third-order valence-corrected chi connectivity index (χ3v) is 4.58. The van der Waals surface area contributed by atoms with E-state index in [1.807, 2.05) is 4.72 Å². The van der Waals surface area contributed by atoms with Gasteiger partial charge in [0.2, 0.25) is 10.0 Å². The molecule has 0 aliphatic carbocycles. The van der Waals surface area contributed by atoms with Gasteiger partial charge < -0.3 is 5.11 Å². The molecule has 0 radical (unpaired) electrons. The van der Waals surface area contributed by atoms with Crippen LogP contribution in [0, 0.1) is 24.0 Å². The Balaban J connectivity index is 3.32. The van der Waals surface area contributed by atoms with Crippen molar-refractivity contribution in [3.05, 3.63) is 33.4 Å². The van der Waals surface area contributed by atoms with Crippen LogP contribution in [0.2, 0.25) is 0 Å². The average molecular weight is 316 g/mol. The van der Waals surface area contributed by atoms with Gasteiger partial charge in [-0.15, -0.1) is 0 Å². The van der Waals surface area contributed by atoms with Crippen LogP contribution >= 0.6 is 0 Å². The number of benzene rings is 1. The highest BCUT2D eigenvalue weighted by molar-refractivity contribution is 7.89. The van der Waals surface area contributed by atoms with Gasteiger partial charge in [0.25, 0.3) is 5.69 Å². The van der Waals surface area contributed by atoms with E-state index in [0.29, 0.717) is 11.1 Å². The second-order valence-corrected chi connectivity index (χ2v) is 6.28. The van der Waals surface area contributed by atoms with Crippen molar-refractivity contribution in [1.82, 2.24) is 4.72 Å². The number of rotatable bonds is 6. The average Bonchev–Trinajstić information content (AvgIpc) is 2.38. The molecule has 0 amide bonds. The molecule has 0 aliphatic rings. The SMILES string of the molecule is CC[C@@H](NS(=O)(=O)c1cc(C)c(C)c([N+](=O)[O-])c1)C(=O)O. The van der Waals surface area contributed by atoms with E-state index in [4.69, 9.17) is 5.11 Å². The molecule has 0 unspecified atom stereocenters. The first-order valence-electron chi connectivity index (χ1n) is 6.11. The van der Waals surface area contributed by atoms with Gasteiger partial charge in [0.05, 0.1) is 9.82 Å². The number of aliphatic carboxylic acids is 1. The number of sulfonamides is 1. The maximum Gasteiger partial charge on any atom is 0.321 e. The predicted molar refractivity (Wildman–Crippen MR) is 74.6 cm³/mol. The van der Waals surface area contributed by atoms with Gasteiger partial charge in [-0.25, -0.2) is 8.42 Å². The molecule has 0 spiro atoms. The van der Waals surface area contributed by atoms with Gasteiger partial charge in [-0.1, -0.05) is 6.92 Å². The van der Waals surface area contributed by atoms with Gasteiger partial charge in [-0.2, -0.15) is 4.72 Å². The molecule has 0 fully saturated rings. The van der Waals surface area contributed by atoms with Crippen LogP contribution in [0.1, 0.15) is 24.5 Å². The Morgan fingerprint density at radius 3 is 2.43 bits per heavy atom. The van der Waals surface area contributed by atoms with Crippen LogP contribution in [0.25, 0.3) is 0 Å². The summed E-state index contributed by atoms with van der Waals surface area (Å²) >= 11 is 0. The van der Waals surface area contributed by atoms with Crippen LogP contribution < -0.4 is 4.72 Å². The molecule has 0 saturated carbocycles. The first-order valence-corrected chi connectivity index (χ1v) is 7.59. The Kier molecular flexibility index (Phi) is 5.02. The van der Waals surface area contributed by atoms with E-state index in [1.165, 1.54) is 19.9 Å². The quantitative estimate of drug-likeness (QED) is 0.602. The third-order valence-electron chi connectivity index (χ3n) is 3.12. The highest BCUT2D eigenvalue weighted by Gasteiger charge is 2.26. The summed E-state index contributed by atoms with van der Waals surface area (Å²) in [5, 5.41) is 19.8. The van der Waals surface area contributed by atoms with Crippen molar-refractivity contribution < 1.29 is 23.2 Å². The van der Waals surface area contributed by atoms with Gasteiger partial charge in [-0.05, 0) is 31.9 Å². The molecular formula is C12H16N2O6S. The number of carboxylic acids is 1. The number of nitro benzene ring substituents is 1. The predicted octanol–water partition coefficient (Wildman–Crippen LogP) is 1.35. The molecule has 1 aromatic carbocycles. The Morgan fingerprint density at radius 1 is 1.43 bits per heavy atom. The van der Waals surface area contributed by atoms with Crippen molar-refractivity contribution in [3.8, 4) is 0 Å². The summed E-state index contributed by atoms with van der Waals surface area (Å²) in [5.41, 5.74) is 0.482. The number of hydrogen-bond acceptors (Lipinski definition) is 5. The molecule has 0 saturated heterocycles. The lowest BCUT2D eigenvalue weighted by Crippen LogP contribution is -2.40. The minimum atomic E-state index is -4.15.